The maximum atomic E-state index is 12.4. The van der Waals surface area contributed by atoms with Gasteiger partial charge in [0.05, 0.1) is 0 Å². The van der Waals surface area contributed by atoms with E-state index in [0.717, 1.165) is 0 Å². The van der Waals surface area contributed by atoms with Crippen LogP contribution in [-0.2, 0) is 18.3 Å². The van der Waals surface area contributed by atoms with E-state index in [9.17, 15) is 13.6 Å². The van der Waals surface area contributed by atoms with Crippen LogP contribution in [0.25, 0.3) is 0 Å². The van der Waals surface area contributed by atoms with Gasteiger partial charge in [-0.2, -0.15) is 5.10 Å². The van der Waals surface area contributed by atoms with Crippen LogP contribution < -0.4 is 0 Å². The van der Waals surface area contributed by atoms with E-state index in [2.05, 4.69) is 5.10 Å². The molecule has 0 aliphatic rings. The number of carbonyl (C=O) groups is 1. The summed E-state index contributed by atoms with van der Waals surface area (Å²) in [5.74, 6) is -0.00549. The molecule has 0 aliphatic carbocycles. The Kier molecular flexibility index (Phi) is 3.33. The molecule has 0 saturated carbocycles. The van der Waals surface area contributed by atoms with Gasteiger partial charge in [-0.25, -0.2) is 8.78 Å². The van der Waals surface area contributed by atoms with E-state index in [-0.39, 0.29) is 17.9 Å². The molecule has 1 heterocycles. The van der Waals surface area contributed by atoms with E-state index in [1.165, 1.54) is 17.8 Å². The van der Waals surface area contributed by atoms with Gasteiger partial charge in [0, 0.05) is 19.7 Å². The molecule has 0 atom stereocenters. The summed E-state index contributed by atoms with van der Waals surface area (Å²) in [6.45, 7) is 1.44. The fourth-order valence-corrected chi connectivity index (χ4v) is 1.24. The summed E-state index contributed by atoms with van der Waals surface area (Å²) in [6, 6.07) is 0. The Hall–Kier alpha value is -1.26. The average molecular weight is 202 g/mol. The first-order valence-corrected chi connectivity index (χ1v) is 4.30. The van der Waals surface area contributed by atoms with E-state index in [1.807, 2.05) is 0 Å². The molecule has 0 amide bonds. The molecular formula is C9H12F2N2O. The van der Waals surface area contributed by atoms with Crippen LogP contribution in [0.1, 0.15) is 31.0 Å². The van der Waals surface area contributed by atoms with Crippen molar-refractivity contribution in [2.75, 3.05) is 0 Å². The van der Waals surface area contributed by atoms with Crippen molar-refractivity contribution in [3.05, 3.63) is 17.5 Å². The Morgan fingerprint density at radius 1 is 1.64 bits per heavy atom. The van der Waals surface area contributed by atoms with Crippen LogP contribution in [0.3, 0.4) is 0 Å². The molecule has 0 N–H and O–H groups in total. The summed E-state index contributed by atoms with van der Waals surface area (Å²) < 4.78 is 26.2. The summed E-state index contributed by atoms with van der Waals surface area (Å²) in [4.78, 5) is 10.7. The van der Waals surface area contributed by atoms with Crippen molar-refractivity contribution in [3.63, 3.8) is 0 Å². The van der Waals surface area contributed by atoms with Gasteiger partial charge in [-0.3, -0.25) is 4.68 Å². The monoisotopic (exact) mass is 202 g/mol. The Morgan fingerprint density at radius 2 is 2.29 bits per heavy atom. The number of ketones is 1. The largest absolute Gasteiger partial charge is 0.300 e. The quantitative estimate of drug-likeness (QED) is 0.747. The van der Waals surface area contributed by atoms with Crippen LogP contribution in [0.15, 0.2) is 6.20 Å². The van der Waals surface area contributed by atoms with Gasteiger partial charge in [-0.15, -0.1) is 0 Å². The lowest BCUT2D eigenvalue weighted by Crippen LogP contribution is -1.97. The van der Waals surface area contributed by atoms with Crippen LogP contribution >= 0.6 is 0 Å². The molecule has 0 aromatic carbocycles. The van der Waals surface area contributed by atoms with Crippen molar-refractivity contribution in [1.29, 1.82) is 0 Å². The Labute approximate surface area is 80.7 Å². The molecule has 0 radical (unpaired) electrons. The Balaban J connectivity index is 2.79. The van der Waals surface area contributed by atoms with Gasteiger partial charge in [0.2, 0.25) is 0 Å². The molecule has 14 heavy (non-hydrogen) atoms. The second-order valence-corrected chi connectivity index (χ2v) is 3.22. The number of aromatic nitrogens is 2. The van der Waals surface area contributed by atoms with Crippen molar-refractivity contribution < 1.29 is 13.6 Å². The third-order valence-electron chi connectivity index (χ3n) is 1.89. The normalized spacial score (nSPS) is 10.9. The molecule has 0 spiro atoms. The first-order chi connectivity index (χ1) is 6.50. The van der Waals surface area contributed by atoms with Gasteiger partial charge in [0.15, 0.2) is 0 Å². The van der Waals surface area contributed by atoms with Gasteiger partial charge in [0.1, 0.15) is 11.5 Å². The molecule has 3 nitrogen and oxygen atoms in total. The highest BCUT2D eigenvalue weighted by Crippen LogP contribution is 2.21. The number of hydrogen-bond donors (Lipinski definition) is 0. The number of nitrogens with zero attached hydrogens (tertiary/aromatic N) is 2. The van der Waals surface area contributed by atoms with E-state index in [0.29, 0.717) is 12.0 Å². The molecule has 1 rings (SSSR count). The average Bonchev–Trinajstić information content (AvgIpc) is 2.43. The van der Waals surface area contributed by atoms with E-state index in [1.54, 1.807) is 7.05 Å². The minimum atomic E-state index is -2.57. The Bertz CT molecular complexity index is 334. The number of Topliss-reactive ketones (excluding diaryl/α,β-unsaturated/α-hetero) is 1. The molecule has 5 heteroatoms. The zero-order chi connectivity index (χ0) is 10.7. The minimum Gasteiger partial charge on any atom is -0.300 e. The number of aryl methyl sites for hydroxylation is 2. The fourth-order valence-electron chi connectivity index (χ4n) is 1.24. The number of hydrogen-bond acceptors (Lipinski definition) is 2. The van der Waals surface area contributed by atoms with Crippen LogP contribution in [0, 0.1) is 0 Å². The van der Waals surface area contributed by atoms with E-state index in [4.69, 9.17) is 0 Å². The summed E-state index contributed by atoms with van der Waals surface area (Å²) in [5.41, 5.74) is 0.242. The fraction of sp³-hybridized carbons (Fsp3) is 0.556. The standard InChI is InChI=1S/C9H12F2N2O/c1-6(14)3-4-7-5-13(2)12-8(7)9(10)11/h5,9H,3-4H2,1-2H3. The van der Waals surface area contributed by atoms with Crippen molar-refractivity contribution in [3.8, 4) is 0 Å². The van der Waals surface area contributed by atoms with Crippen molar-refractivity contribution in [2.45, 2.75) is 26.2 Å². The minimum absolute atomic E-state index is 0.00549. The van der Waals surface area contributed by atoms with Gasteiger partial charge in [0.25, 0.3) is 6.43 Å². The predicted molar refractivity (Wildman–Crippen MR) is 47.2 cm³/mol. The molecule has 0 unspecified atom stereocenters. The topological polar surface area (TPSA) is 34.9 Å². The molecule has 0 aliphatic heterocycles. The highest BCUT2D eigenvalue weighted by molar-refractivity contribution is 5.75. The molecule has 0 saturated heterocycles. The molecular weight excluding hydrogens is 190 g/mol. The molecule has 1 aromatic heterocycles. The maximum absolute atomic E-state index is 12.4. The van der Waals surface area contributed by atoms with Gasteiger partial charge < -0.3 is 4.79 Å². The lowest BCUT2D eigenvalue weighted by Gasteiger charge is -1.98. The van der Waals surface area contributed by atoms with Gasteiger partial charge in [-0.05, 0) is 18.9 Å². The first-order valence-electron chi connectivity index (χ1n) is 4.30. The highest BCUT2D eigenvalue weighted by Gasteiger charge is 2.17. The van der Waals surface area contributed by atoms with E-state index < -0.39 is 6.43 Å². The van der Waals surface area contributed by atoms with Crippen molar-refractivity contribution in [2.24, 2.45) is 7.05 Å². The second kappa shape index (κ2) is 4.30. The summed E-state index contributed by atoms with van der Waals surface area (Å²) >= 11 is 0. The third kappa shape index (κ3) is 2.61. The molecule has 78 valence electrons. The SMILES string of the molecule is CC(=O)CCc1cn(C)nc1C(F)F. The maximum Gasteiger partial charge on any atom is 0.282 e. The highest BCUT2D eigenvalue weighted by atomic mass is 19.3. The third-order valence-corrected chi connectivity index (χ3v) is 1.89. The summed E-state index contributed by atoms with van der Waals surface area (Å²) in [7, 11) is 1.59. The molecule has 1 aromatic rings. The first kappa shape index (κ1) is 10.8. The van der Waals surface area contributed by atoms with Crippen LogP contribution in [0.5, 0.6) is 0 Å². The van der Waals surface area contributed by atoms with Gasteiger partial charge in [-0.1, -0.05) is 0 Å². The summed E-state index contributed by atoms with van der Waals surface area (Å²) in [5, 5.41) is 3.64. The predicted octanol–water partition coefficient (Wildman–Crippen LogP) is 1.88. The number of halogens is 2. The zero-order valence-corrected chi connectivity index (χ0v) is 8.13. The van der Waals surface area contributed by atoms with Gasteiger partial charge >= 0.3 is 0 Å². The second-order valence-electron chi connectivity index (χ2n) is 3.22. The smallest absolute Gasteiger partial charge is 0.282 e. The zero-order valence-electron chi connectivity index (χ0n) is 8.13. The summed E-state index contributed by atoms with van der Waals surface area (Å²) in [6.07, 6.45) is -0.420. The van der Waals surface area contributed by atoms with Crippen LogP contribution in [0.4, 0.5) is 8.78 Å². The van der Waals surface area contributed by atoms with Crippen molar-refractivity contribution >= 4 is 5.78 Å². The lowest BCUT2D eigenvalue weighted by molar-refractivity contribution is -0.116. The van der Waals surface area contributed by atoms with Crippen LogP contribution in [0.2, 0.25) is 0 Å². The molecule has 0 bridgehead atoms. The number of rotatable bonds is 4. The van der Waals surface area contributed by atoms with Crippen molar-refractivity contribution in [1.82, 2.24) is 9.78 Å². The number of carbonyl (C=O) groups excluding carboxylic acids is 1. The molecule has 0 fully saturated rings. The Morgan fingerprint density at radius 3 is 2.79 bits per heavy atom. The van der Waals surface area contributed by atoms with E-state index >= 15 is 0 Å². The number of alkyl halides is 2. The lowest BCUT2D eigenvalue weighted by atomic mass is 10.1. The van der Waals surface area contributed by atoms with Crippen LogP contribution in [-0.4, -0.2) is 15.6 Å².